The van der Waals surface area contributed by atoms with Crippen molar-refractivity contribution in [2.45, 2.75) is 13.0 Å². The Kier molecular flexibility index (Phi) is 2.78. The number of hydrogen-bond donors (Lipinski definition) is 2. The topological polar surface area (TPSA) is 68.0 Å². The zero-order valence-electron chi connectivity index (χ0n) is 7.00. The van der Waals surface area contributed by atoms with E-state index in [1.54, 1.807) is 12.4 Å². The zero-order valence-corrected chi connectivity index (χ0v) is 7.81. The van der Waals surface area contributed by atoms with Crippen LogP contribution in [0.1, 0.15) is 28.5 Å². The minimum absolute atomic E-state index is 0.103. The Morgan fingerprint density at radius 2 is 2.50 bits per heavy atom. The van der Waals surface area contributed by atoms with Gasteiger partial charge in [-0.1, -0.05) is 0 Å². The monoisotopic (exact) mass is 185 g/mol. The fourth-order valence-electron chi connectivity index (χ4n) is 0.729. The number of rotatable bonds is 2. The average Bonchev–Trinajstić information content (AvgIpc) is 2.51. The number of amides is 1. The number of carbonyl (C=O) groups excluding carboxylic acids is 1. The zero-order chi connectivity index (χ0) is 9.14. The van der Waals surface area contributed by atoms with Crippen LogP contribution in [-0.4, -0.2) is 17.9 Å². The highest BCUT2D eigenvalue weighted by molar-refractivity contribution is 7.09. The van der Waals surface area contributed by atoms with Gasteiger partial charge in [-0.25, -0.2) is 4.98 Å². The van der Waals surface area contributed by atoms with E-state index in [1.807, 2.05) is 6.92 Å². The molecule has 0 aliphatic carbocycles. The van der Waals surface area contributed by atoms with Gasteiger partial charge in [0.2, 0.25) is 0 Å². The van der Waals surface area contributed by atoms with Gasteiger partial charge in [0, 0.05) is 12.4 Å². The smallest absolute Gasteiger partial charge is 0.270 e. The van der Waals surface area contributed by atoms with E-state index in [4.69, 9.17) is 5.73 Å². The summed E-state index contributed by atoms with van der Waals surface area (Å²) >= 11 is 1.40. The molecule has 0 fully saturated rings. The summed E-state index contributed by atoms with van der Waals surface area (Å²) in [5.74, 6) is -0.168. The quantitative estimate of drug-likeness (QED) is 0.706. The number of nitrogens with zero attached hydrogens (tertiary/aromatic N) is 1. The molecule has 0 aromatic carbocycles. The van der Waals surface area contributed by atoms with Gasteiger partial charge < -0.3 is 11.1 Å². The normalized spacial score (nSPS) is 12.6. The Bertz CT molecular complexity index is 282. The van der Waals surface area contributed by atoms with Crippen molar-refractivity contribution in [3.8, 4) is 0 Å². The van der Waals surface area contributed by atoms with Gasteiger partial charge in [0.1, 0.15) is 10.7 Å². The maximum Gasteiger partial charge on any atom is 0.270 e. The molecule has 1 amide bonds. The van der Waals surface area contributed by atoms with Gasteiger partial charge in [-0.3, -0.25) is 4.79 Å². The number of thiazole rings is 1. The summed E-state index contributed by atoms with van der Waals surface area (Å²) in [6, 6.07) is -0.103. The van der Waals surface area contributed by atoms with Crippen molar-refractivity contribution in [2.24, 2.45) is 5.73 Å². The lowest BCUT2D eigenvalue weighted by molar-refractivity contribution is 0.0958. The van der Waals surface area contributed by atoms with E-state index in [9.17, 15) is 4.79 Å². The van der Waals surface area contributed by atoms with Crippen molar-refractivity contribution in [1.29, 1.82) is 0 Å². The van der Waals surface area contributed by atoms with Gasteiger partial charge in [0.15, 0.2) is 0 Å². The van der Waals surface area contributed by atoms with Crippen LogP contribution in [0, 0.1) is 0 Å². The lowest BCUT2D eigenvalue weighted by Gasteiger charge is -1.96. The second-order valence-corrected chi connectivity index (χ2v) is 3.33. The minimum Gasteiger partial charge on any atom is -0.354 e. The van der Waals surface area contributed by atoms with Gasteiger partial charge in [-0.2, -0.15) is 0 Å². The molecule has 0 aliphatic heterocycles. The average molecular weight is 185 g/mol. The summed E-state index contributed by atoms with van der Waals surface area (Å²) in [6.07, 6.45) is 0. The van der Waals surface area contributed by atoms with Crippen LogP contribution in [0.4, 0.5) is 0 Å². The number of nitrogens with one attached hydrogen (secondary N) is 1. The number of carbonyl (C=O) groups is 1. The summed E-state index contributed by atoms with van der Waals surface area (Å²) in [5, 5.41) is 4.99. The molecule has 1 rings (SSSR count). The summed E-state index contributed by atoms with van der Waals surface area (Å²) in [6.45, 7) is 1.84. The van der Waals surface area contributed by atoms with E-state index in [1.165, 1.54) is 11.3 Å². The van der Waals surface area contributed by atoms with Gasteiger partial charge in [-0.05, 0) is 6.92 Å². The third kappa shape index (κ3) is 1.80. The van der Waals surface area contributed by atoms with Crippen molar-refractivity contribution in [2.75, 3.05) is 7.05 Å². The Morgan fingerprint density at radius 3 is 2.92 bits per heavy atom. The van der Waals surface area contributed by atoms with Gasteiger partial charge in [0.25, 0.3) is 5.91 Å². The molecule has 1 unspecified atom stereocenters. The van der Waals surface area contributed by atoms with Crippen LogP contribution < -0.4 is 11.1 Å². The molecule has 1 aromatic heterocycles. The molecule has 0 bridgehead atoms. The van der Waals surface area contributed by atoms with E-state index in [2.05, 4.69) is 10.3 Å². The molecule has 0 saturated carbocycles. The number of nitrogens with two attached hydrogens (primary N) is 1. The Balaban J connectivity index is 2.84. The first-order chi connectivity index (χ1) is 5.65. The molecule has 0 saturated heterocycles. The van der Waals surface area contributed by atoms with Gasteiger partial charge in [0.05, 0.1) is 6.04 Å². The third-order valence-corrected chi connectivity index (χ3v) is 2.42. The number of aromatic nitrogens is 1. The van der Waals surface area contributed by atoms with Crippen LogP contribution >= 0.6 is 11.3 Å². The maximum atomic E-state index is 11.0. The molecule has 4 nitrogen and oxygen atoms in total. The van der Waals surface area contributed by atoms with Gasteiger partial charge in [-0.15, -0.1) is 11.3 Å². The highest BCUT2D eigenvalue weighted by Crippen LogP contribution is 2.15. The highest BCUT2D eigenvalue weighted by atomic mass is 32.1. The molecule has 3 N–H and O–H groups in total. The van der Waals surface area contributed by atoms with Crippen molar-refractivity contribution in [3.63, 3.8) is 0 Å². The molecule has 12 heavy (non-hydrogen) atoms. The summed E-state index contributed by atoms with van der Waals surface area (Å²) in [5.41, 5.74) is 6.02. The molecule has 66 valence electrons. The fraction of sp³-hybridized carbons (Fsp3) is 0.429. The Morgan fingerprint density at radius 1 is 1.83 bits per heavy atom. The molecule has 1 atom stereocenters. The largest absolute Gasteiger partial charge is 0.354 e. The summed E-state index contributed by atoms with van der Waals surface area (Å²) < 4.78 is 0. The molecule has 0 spiro atoms. The molecule has 1 heterocycles. The second-order valence-electron chi connectivity index (χ2n) is 2.44. The van der Waals surface area contributed by atoms with E-state index in [-0.39, 0.29) is 11.9 Å². The van der Waals surface area contributed by atoms with Crippen molar-refractivity contribution < 1.29 is 4.79 Å². The van der Waals surface area contributed by atoms with E-state index >= 15 is 0 Å². The maximum absolute atomic E-state index is 11.0. The molecular formula is C7H11N3OS. The fourth-order valence-corrected chi connectivity index (χ4v) is 1.49. The van der Waals surface area contributed by atoms with Crippen LogP contribution in [0.3, 0.4) is 0 Å². The summed E-state index contributed by atoms with van der Waals surface area (Å²) in [4.78, 5) is 15.1. The van der Waals surface area contributed by atoms with Crippen molar-refractivity contribution in [3.05, 3.63) is 16.1 Å². The SMILES string of the molecule is CNC(=O)c1csc(C(C)N)n1. The first kappa shape index (κ1) is 9.15. The van der Waals surface area contributed by atoms with Crippen LogP contribution in [0.5, 0.6) is 0 Å². The predicted molar refractivity (Wildman–Crippen MR) is 48.1 cm³/mol. The predicted octanol–water partition coefficient (Wildman–Crippen LogP) is 0.522. The van der Waals surface area contributed by atoms with Crippen LogP contribution in [-0.2, 0) is 0 Å². The van der Waals surface area contributed by atoms with Crippen LogP contribution in [0.2, 0.25) is 0 Å². The standard InChI is InChI=1S/C7H11N3OS/c1-4(8)7-10-5(3-12-7)6(11)9-2/h3-4H,8H2,1-2H3,(H,9,11). The Labute approximate surface area is 74.8 Å². The van der Waals surface area contributed by atoms with E-state index < -0.39 is 0 Å². The van der Waals surface area contributed by atoms with Crippen LogP contribution in [0.15, 0.2) is 5.38 Å². The van der Waals surface area contributed by atoms with Gasteiger partial charge >= 0.3 is 0 Å². The van der Waals surface area contributed by atoms with E-state index in [0.29, 0.717) is 5.69 Å². The summed E-state index contributed by atoms with van der Waals surface area (Å²) in [7, 11) is 1.58. The van der Waals surface area contributed by atoms with Crippen LogP contribution in [0.25, 0.3) is 0 Å². The second kappa shape index (κ2) is 3.64. The molecular weight excluding hydrogens is 174 g/mol. The molecule has 1 aromatic rings. The first-order valence-electron chi connectivity index (χ1n) is 3.58. The Hall–Kier alpha value is -0.940. The van der Waals surface area contributed by atoms with Crippen molar-refractivity contribution in [1.82, 2.24) is 10.3 Å². The highest BCUT2D eigenvalue weighted by Gasteiger charge is 2.10. The first-order valence-corrected chi connectivity index (χ1v) is 4.46. The lowest BCUT2D eigenvalue weighted by atomic mass is 10.4. The van der Waals surface area contributed by atoms with Crippen molar-refractivity contribution >= 4 is 17.2 Å². The molecule has 5 heteroatoms. The lowest BCUT2D eigenvalue weighted by Crippen LogP contribution is -2.18. The van der Waals surface area contributed by atoms with E-state index in [0.717, 1.165) is 5.01 Å². The molecule has 0 aliphatic rings. The minimum atomic E-state index is -0.168. The number of hydrogen-bond acceptors (Lipinski definition) is 4. The third-order valence-electron chi connectivity index (χ3n) is 1.37. The molecule has 0 radical (unpaired) electrons.